The van der Waals surface area contributed by atoms with Crippen molar-refractivity contribution in [2.75, 3.05) is 5.75 Å². The second-order valence-electron chi connectivity index (χ2n) is 6.57. The molecule has 118 valence electrons. The number of carboxylic acid groups (broad SMARTS) is 1. The molecule has 0 aromatic carbocycles. The average Bonchev–Trinajstić information content (AvgIpc) is 3.22. The summed E-state index contributed by atoms with van der Waals surface area (Å²) in [6.45, 7) is 0. The zero-order chi connectivity index (χ0) is 15.0. The molecule has 3 rings (SSSR count). The third kappa shape index (κ3) is 3.06. The minimum Gasteiger partial charge on any atom is -0.480 e. The maximum absolute atomic E-state index is 13.0. The SMILES string of the molecule is NC1CCCCCC1C(=O)N1C(C(=O)O)CSC1C1CC1. The van der Waals surface area contributed by atoms with E-state index in [9.17, 15) is 14.7 Å². The summed E-state index contributed by atoms with van der Waals surface area (Å²) < 4.78 is 0. The zero-order valence-electron chi connectivity index (χ0n) is 12.2. The average molecular weight is 312 g/mol. The van der Waals surface area contributed by atoms with Gasteiger partial charge in [-0.25, -0.2) is 4.79 Å². The van der Waals surface area contributed by atoms with Crippen molar-refractivity contribution >= 4 is 23.6 Å². The van der Waals surface area contributed by atoms with Crippen LogP contribution in [0.15, 0.2) is 0 Å². The Morgan fingerprint density at radius 1 is 1.10 bits per heavy atom. The third-order valence-corrected chi connectivity index (χ3v) is 6.45. The molecule has 3 N–H and O–H groups in total. The van der Waals surface area contributed by atoms with Crippen LogP contribution in [-0.4, -0.2) is 45.1 Å². The van der Waals surface area contributed by atoms with Gasteiger partial charge in [0.25, 0.3) is 0 Å². The summed E-state index contributed by atoms with van der Waals surface area (Å²) >= 11 is 1.64. The maximum atomic E-state index is 13.0. The highest BCUT2D eigenvalue weighted by atomic mass is 32.2. The number of nitrogens with zero attached hydrogens (tertiary/aromatic N) is 1. The Kier molecular flexibility index (Phi) is 4.45. The lowest BCUT2D eigenvalue weighted by atomic mass is 9.93. The van der Waals surface area contributed by atoms with Gasteiger partial charge in [-0.15, -0.1) is 11.8 Å². The standard InChI is InChI=1S/C15H24N2O3S/c16-11-5-3-1-2-4-10(11)13(18)17-12(15(19)20)8-21-14(17)9-6-7-9/h9-12,14H,1-8,16H2,(H,19,20). The molecule has 6 heteroatoms. The van der Waals surface area contributed by atoms with Crippen LogP contribution < -0.4 is 5.73 Å². The summed E-state index contributed by atoms with van der Waals surface area (Å²) in [6.07, 6.45) is 7.15. The second-order valence-corrected chi connectivity index (χ2v) is 7.72. The van der Waals surface area contributed by atoms with Gasteiger partial charge < -0.3 is 15.7 Å². The van der Waals surface area contributed by atoms with Gasteiger partial charge >= 0.3 is 5.97 Å². The first kappa shape index (κ1) is 15.2. The second kappa shape index (κ2) is 6.16. The summed E-state index contributed by atoms with van der Waals surface area (Å²) in [4.78, 5) is 26.2. The van der Waals surface area contributed by atoms with Crippen molar-refractivity contribution in [3.05, 3.63) is 0 Å². The first-order valence-corrected chi connectivity index (χ1v) is 9.06. The van der Waals surface area contributed by atoms with Crippen LogP contribution in [0.5, 0.6) is 0 Å². The van der Waals surface area contributed by atoms with E-state index < -0.39 is 12.0 Å². The van der Waals surface area contributed by atoms with Crippen LogP contribution in [0.2, 0.25) is 0 Å². The molecular formula is C15H24N2O3S. The number of amides is 1. The molecule has 1 heterocycles. The molecule has 0 aromatic rings. The molecular weight excluding hydrogens is 288 g/mol. The molecule has 5 nitrogen and oxygen atoms in total. The molecule has 1 saturated heterocycles. The summed E-state index contributed by atoms with van der Waals surface area (Å²) in [6, 6.07) is -0.775. The Balaban J connectivity index is 1.79. The largest absolute Gasteiger partial charge is 0.480 e. The van der Waals surface area contributed by atoms with E-state index in [1.807, 2.05) is 0 Å². The number of rotatable bonds is 3. The smallest absolute Gasteiger partial charge is 0.327 e. The number of nitrogens with two attached hydrogens (primary N) is 1. The van der Waals surface area contributed by atoms with E-state index in [-0.39, 0.29) is 23.2 Å². The van der Waals surface area contributed by atoms with Gasteiger partial charge in [0.1, 0.15) is 6.04 Å². The quantitative estimate of drug-likeness (QED) is 0.774. The van der Waals surface area contributed by atoms with E-state index in [0.29, 0.717) is 11.7 Å². The van der Waals surface area contributed by atoms with Crippen LogP contribution in [0.1, 0.15) is 44.9 Å². The first-order chi connectivity index (χ1) is 10.1. The predicted molar refractivity (Wildman–Crippen MR) is 81.8 cm³/mol. The number of carbonyl (C=O) groups is 2. The summed E-state index contributed by atoms with van der Waals surface area (Å²) in [5, 5.41) is 9.50. The monoisotopic (exact) mass is 312 g/mol. The fourth-order valence-corrected chi connectivity index (χ4v) is 5.21. The van der Waals surface area contributed by atoms with Crippen LogP contribution in [-0.2, 0) is 9.59 Å². The van der Waals surface area contributed by atoms with Crippen molar-refractivity contribution in [1.29, 1.82) is 0 Å². The fourth-order valence-electron chi connectivity index (χ4n) is 3.58. The lowest BCUT2D eigenvalue weighted by molar-refractivity contribution is -0.151. The number of aliphatic carboxylic acids is 1. The molecule has 4 unspecified atom stereocenters. The van der Waals surface area contributed by atoms with Crippen molar-refractivity contribution in [2.24, 2.45) is 17.6 Å². The number of hydrogen-bond acceptors (Lipinski definition) is 4. The summed E-state index contributed by atoms with van der Waals surface area (Å²) in [7, 11) is 0. The highest BCUT2D eigenvalue weighted by Gasteiger charge is 2.49. The Labute approximate surface area is 129 Å². The van der Waals surface area contributed by atoms with Crippen LogP contribution in [0.3, 0.4) is 0 Å². The number of carboxylic acids is 1. The maximum Gasteiger partial charge on any atom is 0.327 e. The fraction of sp³-hybridized carbons (Fsp3) is 0.867. The zero-order valence-corrected chi connectivity index (χ0v) is 13.1. The molecule has 0 bridgehead atoms. The normalized spacial score (nSPS) is 37.3. The van der Waals surface area contributed by atoms with Gasteiger partial charge in [0.2, 0.25) is 5.91 Å². The molecule has 2 saturated carbocycles. The highest BCUT2D eigenvalue weighted by molar-refractivity contribution is 8.00. The number of carbonyl (C=O) groups excluding carboxylic acids is 1. The summed E-state index contributed by atoms with van der Waals surface area (Å²) in [5.74, 6) is -0.0519. The van der Waals surface area contributed by atoms with Crippen molar-refractivity contribution < 1.29 is 14.7 Å². The van der Waals surface area contributed by atoms with Gasteiger partial charge in [0.15, 0.2) is 0 Å². The Hall–Kier alpha value is -0.750. The molecule has 1 aliphatic heterocycles. The topological polar surface area (TPSA) is 83.6 Å². The highest BCUT2D eigenvalue weighted by Crippen LogP contribution is 2.46. The van der Waals surface area contributed by atoms with Crippen molar-refractivity contribution in [2.45, 2.75) is 62.4 Å². The summed E-state index contributed by atoms with van der Waals surface area (Å²) in [5.41, 5.74) is 6.20. The molecule has 21 heavy (non-hydrogen) atoms. The molecule has 1 amide bonds. The van der Waals surface area contributed by atoms with Gasteiger partial charge in [-0.1, -0.05) is 19.3 Å². The molecule has 0 aromatic heterocycles. The van der Waals surface area contributed by atoms with Crippen LogP contribution in [0, 0.1) is 11.8 Å². The van der Waals surface area contributed by atoms with E-state index in [0.717, 1.165) is 44.9 Å². The Bertz CT molecular complexity index is 427. The van der Waals surface area contributed by atoms with E-state index in [1.54, 1.807) is 16.7 Å². The van der Waals surface area contributed by atoms with Crippen LogP contribution >= 0.6 is 11.8 Å². The lowest BCUT2D eigenvalue weighted by Gasteiger charge is -2.32. The minimum atomic E-state index is -0.874. The van der Waals surface area contributed by atoms with Crippen molar-refractivity contribution in [3.8, 4) is 0 Å². The van der Waals surface area contributed by atoms with Crippen molar-refractivity contribution in [1.82, 2.24) is 4.90 Å². The molecule has 4 atom stereocenters. The van der Waals surface area contributed by atoms with Gasteiger partial charge in [-0.3, -0.25) is 4.79 Å². The molecule has 2 aliphatic carbocycles. The van der Waals surface area contributed by atoms with E-state index in [4.69, 9.17) is 5.73 Å². The molecule has 3 aliphatic rings. The van der Waals surface area contributed by atoms with Crippen LogP contribution in [0.25, 0.3) is 0 Å². The van der Waals surface area contributed by atoms with Gasteiger partial charge in [-0.05, 0) is 31.6 Å². The van der Waals surface area contributed by atoms with Crippen molar-refractivity contribution in [3.63, 3.8) is 0 Å². The molecule has 0 spiro atoms. The van der Waals surface area contributed by atoms with E-state index in [2.05, 4.69) is 0 Å². The number of hydrogen-bond donors (Lipinski definition) is 2. The van der Waals surface area contributed by atoms with E-state index in [1.165, 1.54) is 0 Å². The number of thioether (sulfide) groups is 1. The van der Waals surface area contributed by atoms with Gasteiger partial charge in [0.05, 0.1) is 11.3 Å². The predicted octanol–water partition coefficient (Wildman–Crippen LogP) is 1.66. The van der Waals surface area contributed by atoms with Crippen LogP contribution in [0.4, 0.5) is 0 Å². The third-order valence-electron chi connectivity index (χ3n) is 4.99. The Morgan fingerprint density at radius 3 is 2.48 bits per heavy atom. The van der Waals surface area contributed by atoms with Gasteiger partial charge in [-0.2, -0.15) is 0 Å². The van der Waals surface area contributed by atoms with E-state index >= 15 is 0 Å². The van der Waals surface area contributed by atoms with Gasteiger partial charge in [0, 0.05) is 11.8 Å². The minimum absolute atomic E-state index is 0.00120. The first-order valence-electron chi connectivity index (χ1n) is 8.01. The molecule has 3 fully saturated rings. The Morgan fingerprint density at radius 2 is 1.81 bits per heavy atom. The lowest BCUT2D eigenvalue weighted by Crippen LogP contribution is -2.51. The molecule has 0 radical (unpaired) electrons.